The van der Waals surface area contributed by atoms with Crippen molar-refractivity contribution in [3.05, 3.63) is 0 Å². The van der Waals surface area contributed by atoms with E-state index >= 15 is 0 Å². The Morgan fingerprint density at radius 2 is 2.43 bits per heavy atom. The number of ether oxygens (including phenoxy) is 1. The molecule has 1 heterocycles. The Hall–Kier alpha value is -0.220. The summed E-state index contributed by atoms with van der Waals surface area (Å²) in [4.78, 5) is 10.5. The Balaban J connectivity index is 2.05. The van der Waals surface area contributed by atoms with Gasteiger partial charge < -0.3 is 9.84 Å². The maximum Gasteiger partial charge on any atom is 0.307 e. The van der Waals surface area contributed by atoms with Gasteiger partial charge in [-0.25, -0.2) is 0 Å². The van der Waals surface area contributed by atoms with Crippen LogP contribution in [0.5, 0.6) is 0 Å². The molecule has 14 heavy (non-hydrogen) atoms. The molecule has 0 saturated carbocycles. The number of thioether (sulfide) groups is 1. The van der Waals surface area contributed by atoms with Gasteiger partial charge in [0, 0.05) is 18.1 Å². The summed E-state index contributed by atoms with van der Waals surface area (Å²) in [6, 6.07) is 0. The van der Waals surface area contributed by atoms with Gasteiger partial charge in [0.1, 0.15) is 0 Å². The fraction of sp³-hybridized carbons (Fsp3) is 0.900. The normalized spacial score (nSPS) is 24.5. The summed E-state index contributed by atoms with van der Waals surface area (Å²) in [6.45, 7) is 2.62. The molecule has 2 unspecified atom stereocenters. The lowest BCUT2D eigenvalue weighted by Crippen LogP contribution is -2.22. The van der Waals surface area contributed by atoms with Crippen LogP contribution in [0.2, 0.25) is 0 Å². The Labute approximate surface area is 89.2 Å². The molecule has 0 spiro atoms. The van der Waals surface area contributed by atoms with E-state index in [2.05, 4.69) is 0 Å². The van der Waals surface area contributed by atoms with Crippen molar-refractivity contribution in [3.8, 4) is 0 Å². The fourth-order valence-electron chi connectivity index (χ4n) is 1.39. The quantitative estimate of drug-likeness (QED) is 0.766. The first-order valence-corrected chi connectivity index (χ1v) is 6.27. The molecular formula is C10H18O3S. The fourth-order valence-corrected chi connectivity index (χ4v) is 2.54. The van der Waals surface area contributed by atoms with Crippen LogP contribution < -0.4 is 0 Å². The van der Waals surface area contributed by atoms with Crippen LogP contribution in [0.1, 0.15) is 26.2 Å². The molecule has 2 atom stereocenters. The van der Waals surface area contributed by atoms with Gasteiger partial charge in [0.2, 0.25) is 0 Å². The van der Waals surface area contributed by atoms with E-state index in [9.17, 15) is 4.79 Å². The highest BCUT2D eigenvalue weighted by molar-refractivity contribution is 7.99. The second-order valence-electron chi connectivity index (χ2n) is 3.77. The van der Waals surface area contributed by atoms with Gasteiger partial charge in [-0.1, -0.05) is 6.92 Å². The van der Waals surface area contributed by atoms with E-state index in [1.807, 2.05) is 0 Å². The monoisotopic (exact) mass is 218 g/mol. The molecule has 0 aromatic heterocycles. The molecule has 0 aliphatic carbocycles. The molecule has 0 bridgehead atoms. The molecule has 1 N–H and O–H groups in total. The summed E-state index contributed by atoms with van der Waals surface area (Å²) in [5, 5.41) is 8.67. The average molecular weight is 218 g/mol. The van der Waals surface area contributed by atoms with Crippen molar-refractivity contribution in [2.24, 2.45) is 5.92 Å². The van der Waals surface area contributed by atoms with Gasteiger partial charge in [0.05, 0.1) is 12.0 Å². The Bertz CT molecular complexity index is 178. The second kappa shape index (κ2) is 6.30. The van der Waals surface area contributed by atoms with E-state index in [4.69, 9.17) is 9.84 Å². The maximum atomic E-state index is 10.5. The van der Waals surface area contributed by atoms with Crippen molar-refractivity contribution < 1.29 is 14.6 Å². The van der Waals surface area contributed by atoms with Gasteiger partial charge in [-0.3, -0.25) is 4.79 Å². The van der Waals surface area contributed by atoms with Crippen LogP contribution in [-0.2, 0) is 9.53 Å². The number of carboxylic acids is 1. The highest BCUT2D eigenvalue weighted by Crippen LogP contribution is 2.18. The predicted octanol–water partition coefficient (Wildman–Crippen LogP) is 2.01. The minimum atomic E-state index is -0.706. The van der Waals surface area contributed by atoms with E-state index in [0.717, 1.165) is 18.8 Å². The number of rotatable bonds is 5. The predicted molar refractivity (Wildman–Crippen MR) is 57.7 cm³/mol. The van der Waals surface area contributed by atoms with Crippen molar-refractivity contribution in [2.75, 3.05) is 18.1 Å². The molecule has 4 heteroatoms. The smallest absolute Gasteiger partial charge is 0.307 e. The molecule has 1 aliphatic heterocycles. The lowest BCUT2D eigenvalue weighted by molar-refractivity contribution is -0.140. The van der Waals surface area contributed by atoms with E-state index in [1.165, 1.54) is 12.8 Å². The molecule has 1 aliphatic rings. The Morgan fingerprint density at radius 1 is 1.64 bits per heavy atom. The van der Waals surface area contributed by atoms with Gasteiger partial charge >= 0.3 is 5.97 Å². The summed E-state index contributed by atoms with van der Waals surface area (Å²) in [5.41, 5.74) is 0. The molecule has 0 aromatic rings. The highest BCUT2D eigenvalue weighted by atomic mass is 32.2. The second-order valence-corrected chi connectivity index (χ2v) is 4.84. The van der Waals surface area contributed by atoms with Crippen LogP contribution in [0.15, 0.2) is 0 Å². The van der Waals surface area contributed by atoms with Crippen molar-refractivity contribution in [2.45, 2.75) is 32.3 Å². The van der Waals surface area contributed by atoms with Gasteiger partial charge in [-0.05, 0) is 19.3 Å². The van der Waals surface area contributed by atoms with E-state index in [0.29, 0.717) is 11.9 Å². The Kier molecular flexibility index (Phi) is 5.33. The molecule has 1 rings (SSSR count). The molecular weight excluding hydrogens is 200 g/mol. The van der Waals surface area contributed by atoms with E-state index < -0.39 is 5.97 Å². The number of carbonyl (C=O) groups is 1. The molecule has 0 radical (unpaired) electrons. The molecule has 1 saturated heterocycles. The lowest BCUT2D eigenvalue weighted by atomic mass is 10.1. The number of aliphatic carboxylic acids is 1. The third-order valence-corrected chi connectivity index (χ3v) is 3.71. The van der Waals surface area contributed by atoms with Crippen LogP contribution in [-0.4, -0.2) is 35.3 Å². The third kappa shape index (κ3) is 4.33. The van der Waals surface area contributed by atoms with Crippen LogP contribution >= 0.6 is 11.8 Å². The summed E-state index contributed by atoms with van der Waals surface area (Å²) in [5.74, 6) is 0.679. The van der Waals surface area contributed by atoms with E-state index in [1.54, 1.807) is 18.7 Å². The Morgan fingerprint density at radius 3 is 3.00 bits per heavy atom. The first-order chi connectivity index (χ1) is 6.70. The number of hydrogen-bond acceptors (Lipinski definition) is 3. The number of hydrogen-bond donors (Lipinski definition) is 1. The van der Waals surface area contributed by atoms with Crippen LogP contribution in [0.3, 0.4) is 0 Å². The minimum absolute atomic E-state index is 0.247. The highest BCUT2D eigenvalue weighted by Gasteiger charge is 2.15. The first kappa shape index (κ1) is 11.9. The van der Waals surface area contributed by atoms with Crippen LogP contribution in [0.25, 0.3) is 0 Å². The summed E-state index contributed by atoms with van der Waals surface area (Å²) < 4.78 is 5.55. The first-order valence-electron chi connectivity index (χ1n) is 5.12. The van der Waals surface area contributed by atoms with Crippen molar-refractivity contribution >= 4 is 17.7 Å². The summed E-state index contributed by atoms with van der Waals surface area (Å²) in [7, 11) is 0. The van der Waals surface area contributed by atoms with Crippen molar-refractivity contribution in [3.63, 3.8) is 0 Å². The standard InChI is InChI=1S/C10H18O3S/c1-8(10(11)12)6-14-7-9-4-2-3-5-13-9/h8-9H,2-7H2,1H3,(H,11,12). The van der Waals surface area contributed by atoms with Crippen molar-refractivity contribution in [1.82, 2.24) is 0 Å². The molecule has 1 fully saturated rings. The maximum absolute atomic E-state index is 10.5. The zero-order valence-corrected chi connectivity index (χ0v) is 9.39. The third-order valence-electron chi connectivity index (χ3n) is 2.37. The summed E-state index contributed by atoms with van der Waals surface area (Å²) in [6.07, 6.45) is 3.91. The van der Waals surface area contributed by atoms with E-state index in [-0.39, 0.29) is 5.92 Å². The van der Waals surface area contributed by atoms with Gasteiger partial charge in [0.25, 0.3) is 0 Å². The minimum Gasteiger partial charge on any atom is -0.481 e. The SMILES string of the molecule is CC(CSCC1CCCCO1)C(=O)O. The number of carboxylic acid groups (broad SMARTS) is 1. The topological polar surface area (TPSA) is 46.5 Å². The molecule has 3 nitrogen and oxygen atoms in total. The largest absolute Gasteiger partial charge is 0.481 e. The lowest BCUT2D eigenvalue weighted by Gasteiger charge is -2.22. The van der Waals surface area contributed by atoms with Gasteiger partial charge in [-0.15, -0.1) is 0 Å². The summed E-state index contributed by atoms with van der Waals surface area (Å²) >= 11 is 1.69. The van der Waals surface area contributed by atoms with Gasteiger partial charge in [-0.2, -0.15) is 11.8 Å². The zero-order valence-electron chi connectivity index (χ0n) is 8.57. The molecule has 82 valence electrons. The molecule has 0 aromatic carbocycles. The van der Waals surface area contributed by atoms with Crippen molar-refractivity contribution in [1.29, 1.82) is 0 Å². The van der Waals surface area contributed by atoms with Crippen LogP contribution in [0, 0.1) is 5.92 Å². The molecule has 0 amide bonds. The van der Waals surface area contributed by atoms with Gasteiger partial charge in [0.15, 0.2) is 0 Å². The zero-order chi connectivity index (χ0) is 10.4. The van der Waals surface area contributed by atoms with Crippen LogP contribution in [0.4, 0.5) is 0 Å². The average Bonchev–Trinajstić information content (AvgIpc) is 2.19.